The Morgan fingerprint density at radius 2 is 1.82 bits per heavy atom. The van der Waals surface area contributed by atoms with Crippen LogP contribution >= 0.6 is 0 Å². The molecule has 0 bridgehead atoms. The first-order chi connectivity index (χ1) is 19.0. The van der Waals surface area contributed by atoms with Gasteiger partial charge in [0.05, 0.1) is 29.3 Å². The predicted octanol–water partition coefficient (Wildman–Crippen LogP) is 5.70. The smallest absolute Gasteiger partial charge is 0.360 e. The van der Waals surface area contributed by atoms with Crippen molar-refractivity contribution in [2.45, 2.75) is 39.8 Å². The summed E-state index contributed by atoms with van der Waals surface area (Å²) in [6.45, 7) is 7.22. The summed E-state index contributed by atoms with van der Waals surface area (Å²) in [7, 11) is 1.84. The molecule has 2 aromatic heterocycles. The number of hydrogen-bond acceptors (Lipinski definition) is 5. The summed E-state index contributed by atoms with van der Waals surface area (Å²) in [4.78, 5) is 19.7. The number of carbonyl (C=O) groups excluding carboxylic acids is 1. The maximum absolute atomic E-state index is 13.7. The van der Waals surface area contributed by atoms with Crippen LogP contribution in [0.2, 0.25) is 0 Å². The first-order valence-corrected chi connectivity index (χ1v) is 12.9. The summed E-state index contributed by atoms with van der Waals surface area (Å²) in [5.41, 5.74) is 3.34. The Labute approximate surface area is 229 Å². The van der Waals surface area contributed by atoms with Crippen LogP contribution < -0.4 is 5.32 Å². The number of aliphatic imine (C=N–C) groups is 1. The van der Waals surface area contributed by atoms with E-state index in [0.717, 1.165) is 54.9 Å². The van der Waals surface area contributed by atoms with Crippen LogP contribution in [-0.4, -0.2) is 54.5 Å². The molecule has 0 aliphatic carbocycles. The maximum atomic E-state index is 13.7. The molecule has 0 unspecified atom stereocenters. The lowest BCUT2D eigenvalue weighted by Crippen LogP contribution is -2.24. The normalized spacial score (nSPS) is 14.2. The molecular weight excluding hydrogens is 521 g/mol. The summed E-state index contributed by atoms with van der Waals surface area (Å²) < 4.78 is 44.4. The number of likely N-dealkylation sites (tertiary alicyclic amines) is 1. The lowest BCUT2D eigenvalue weighted by atomic mass is 10.1. The van der Waals surface area contributed by atoms with E-state index in [4.69, 9.17) is 0 Å². The molecule has 0 atom stereocenters. The van der Waals surface area contributed by atoms with Crippen molar-refractivity contribution in [1.29, 1.82) is 0 Å². The lowest BCUT2D eigenvalue weighted by molar-refractivity contribution is -0.137. The summed E-state index contributed by atoms with van der Waals surface area (Å²) in [5.74, 6) is 0.0844. The van der Waals surface area contributed by atoms with Gasteiger partial charge in [-0.05, 0) is 69.5 Å². The number of aryl methyl sites for hydroxylation is 2. The molecule has 1 N–H and O–H groups in total. The van der Waals surface area contributed by atoms with Gasteiger partial charge in [0, 0.05) is 42.6 Å². The number of nitrogens with one attached hydrogen (secondary N) is 1. The number of halogens is 3. The van der Waals surface area contributed by atoms with Crippen molar-refractivity contribution >= 4 is 23.1 Å². The molecule has 12 heteroatoms. The van der Waals surface area contributed by atoms with Gasteiger partial charge in [-0.1, -0.05) is 11.3 Å². The molecule has 1 aliphatic rings. The molecule has 5 rings (SSSR count). The van der Waals surface area contributed by atoms with Gasteiger partial charge >= 0.3 is 6.18 Å². The summed E-state index contributed by atoms with van der Waals surface area (Å²) in [6.07, 6.45) is 0.901. The van der Waals surface area contributed by atoms with Crippen LogP contribution in [0.4, 0.5) is 24.5 Å². The molecule has 0 spiro atoms. The van der Waals surface area contributed by atoms with E-state index in [0.29, 0.717) is 17.2 Å². The van der Waals surface area contributed by atoms with Crippen LogP contribution in [-0.2, 0) is 13.2 Å². The van der Waals surface area contributed by atoms with Gasteiger partial charge in [0.1, 0.15) is 11.5 Å². The molecule has 0 saturated carbocycles. The Morgan fingerprint density at radius 1 is 1.07 bits per heavy atom. The monoisotopic (exact) mass is 550 g/mol. The van der Waals surface area contributed by atoms with Gasteiger partial charge in [-0.3, -0.25) is 9.48 Å². The number of anilines is 1. The van der Waals surface area contributed by atoms with Crippen molar-refractivity contribution in [3.05, 3.63) is 71.2 Å². The van der Waals surface area contributed by atoms with Crippen LogP contribution in [0, 0.1) is 13.8 Å². The highest BCUT2D eigenvalue weighted by molar-refractivity contribution is 6.05. The van der Waals surface area contributed by atoms with Crippen molar-refractivity contribution < 1.29 is 18.0 Å². The zero-order chi connectivity index (χ0) is 28.6. The molecule has 2 aromatic carbocycles. The van der Waals surface area contributed by atoms with Crippen molar-refractivity contribution in [3.8, 4) is 16.9 Å². The second-order valence-corrected chi connectivity index (χ2v) is 9.89. The number of nitrogens with zero attached hydrogens (tertiary/aromatic N) is 7. The number of carbonyl (C=O) groups is 1. The topological polar surface area (TPSA) is 93.2 Å². The minimum Gasteiger partial charge on any atom is -0.360 e. The van der Waals surface area contributed by atoms with E-state index in [1.54, 1.807) is 46.9 Å². The molecule has 3 heterocycles. The van der Waals surface area contributed by atoms with Crippen molar-refractivity contribution in [2.75, 3.05) is 18.4 Å². The summed E-state index contributed by atoms with van der Waals surface area (Å²) in [5, 5.41) is 15.3. The fourth-order valence-corrected chi connectivity index (χ4v) is 4.67. The van der Waals surface area contributed by atoms with Gasteiger partial charge in [0.2, 0.25) is 0 Å². The van der Waals surface area contributed by atoms with Gasteiger partial charge < -0.3 is 10.2 Å². The Kier molecular flexibility index (Phi) is 7.17. The number of hydrogen-bond donors (Lipinski definition) is 1. The molecule has 4 aromatic rings. The second kappa shape index (κ2) is 10.6. The molecule has 0 radical (unpaired) electrons. The number of amides is 1. The van der Waals surface area contributed by atoms with Crippen molar-refractivity contribution in [3.63, 3.8) is 0 Å². The van der Waals surface area contributed by atoms with E-state index in [1.807, 2.05) is 25.8 Å². The van der Waals surface area contributed by atoms with E-state index < -0.39 is 17.6 Å². The van der Waals surface area contributed by atoms with Gasteiger partial charge in [0.15, 0.2) is 0 Å². The molecule has 9 nitrogen and oxygen atoms in total. The number of benzene rings is 2. The van der Waals surface area contributed by atoms with Crippen molar-refractivity contribution in [1.82, 2.24) is 29.7 Å². The van der Waals surface area contributed by atoms with E-state index in [2.05, 4.69) is 25.7 Å². The highest BCUT2D eigenvalue weighted by Crippen LogP contribution is 2.35. The SMILES string of the molecule is CC(=Nc1cc(NC(=O)c2ccc(C)c(-n3cc(-c4cnn(C)c4C)nn3)c2)cc(C(F)(F)F)c1)N1CCCC1. The molecule has 1 saturated heterocycles. The fraction of sp³-hybridized carbons (Fsp3) is 0.321. The van der Waals surface area contributed by atoms with Crippen LogP contribution in [0.25, 0.3) is 16.9 Å². The van der Waals surface area contributed by atoms with Crippen LogP contribution in [0.1, 0.15) is 46.9 Å². The van der Waals surface area contributed by atoms with Crippen LogP contribution in [0.15, 0.2) is 53.8 Å². The molecule has 40 heavy (non-hydrogen) atoms. The van der Waals surface area contributed by atoms with Gasteiger partial charge in [-0.25, -0.2) is 9.67 Å². The first-order valence-electron chi connectivity index (χ1n) is 12.9. The zero-order valence-corrected chi connectivity index (χ0v) is 22.6. The maximum Gasteiger partial charge on any atom is 0.416 e. The third kappa shape index (κ3) is 5.61. The van der Waals surface area contributed by atoms with Crippen molar-refractivity contribution in [2.24, 2.45) is 12.0 Å². The summed E-state index contributed by atoms with van der Waals surface area (Å²) >= 11 is 0. The number of amidine groups is 1. The van der Waals surface area contributed by atoms with Crippen LogP contribution in [0.3, 0.4) is 0 Å². The molecule has 1 aliphatic heterocycles. The third-order valence-electron chi connectivity index (χ3n) is 7.08. The number of alkyl halides is 3. The third-order valence-corrected chi connectivity index (χ3v) is 7.08. The van der Waals surface area contributed by atoms with Gasteiger partial charge in [-0.15, -0.1) is 5.10 Å². The molecule has 1 amide bonds. The predicted molar refractivity (Wildman–Crippen MR) is 146 cm³/mol. The van der Waals surface area contributed by atoms with E-state index in [1.165, 1.54) is 6.07 Å². The number of aromatic nitrogens is 5. The van der Waals surface area contributed by atoms with E-state index in [-0.39, 0.29) is 16.9 Å². The quantitative estimate of drug-likeness (QED) is 0.254. The first kappa shape index (κ1) is 27.1. The highest BCUT2D eigenvalue weighted by Gasteiger charge is 2.31. The summed E-state index contributed by atoms with van der Waals surface area (Å²) in [6, 6.07) is 8.34. The number of rotatable bonds is 5. The zero-order valence-electron chi connectivity index (χ0n) is 22.6. The van der Waals surface area contributed by atoms with Crippen LogP contribution in [0.5, 0.6) is 0 Å². The molecule has 1 fully saturated rings. The fourth-order valence-electron chi connectivity index (χ4n) is 4.67. The second-order valence-electron chi connectivity index (χ2n) is 9.89. The minimum absolute atomic E-state index is 0.00465. The average Bonchev–Trinajstić information content (AvgIpc) is 3.66. The Morgan fingerprint density at radius 3 is 2.50 bits per heavy atom. The Balaban J connectivity index is 1.42. The van der Waals surface area contributed by atoms with Gasteiger partial charge in [0.25, 0.3) is 5.91 Å². The van der Waals surface area contributed by atoms with Gasteiger partial charge in [-0.2, -0.15) is 18.3 Å². The average molecular weight is 551 g/mol. The Bertz CT molecular complexity index is 1600. The Hall–Kier alpha value is -4.48. The van der Waals surface area contributed by atoms with E-state index >= 15 is 0 Å². The highest BCUT2D eigenvalue weighted by atomic mass is 19.4. The van der Waals surface area contributed by atoms with E-state index in [9.17, 15) is 18.0 Å². The minimum atomic E-state index is -4.60. The lowest BCUT2D eigenvalue weighted by Gasteiger charge is -2.17. The molecular formula is C28H29F3N8O. The molecule has 208 valence electrons. The standard InChI is InChI=1S/C28H29F3N8O/c1-17-7-8-20(11-26(17)39-16-25(35-36-39)24-15-32-37(4)18(24)2)27(40)34-23-13-21(28(29,30)31)12-22(14-23)33-19(3)38-9-5-6-10-38/h7-8,11-16H,5-6,9-10H2,1-4H3,(H,34,40). The largest absolute Gasteiger partial charge is 0.416 e.